The average Bonchev–Trinajstić information content (AvgIpc) is 2.70. The van der Waals surface area contributed by atoms with Gasteiger partial charge in [0.25, 0.3) is 0 Å². The zero-order chi connectivity index (χ0) is 20.3. The Hall–Kier alpha value is -1.15. The molecule has 1 amide bonds. The lowest BCUT2D eigenvalue weighted by Gasteiger charge is -2.34. The van der Waals surface area contributed by atoms with Crippen LogP contribution in [0.2, 0.25) is 5.02 Å². The Bertz CT molecular complexity index is 806. The summed E-state index contributed by atoms with van der Waals surface area (Å²) < 4.78 is 33.0. The first-order valence-corrected chi connectivity index (χ1v) is 11.7. The fraction of sp³-hybridized carbons (Fsp3) is 0.650. The van der Waals surface area contributed by atoms with Crippen molar-refractivity contribution in [1.82, 2.24) is 9.62 Å². The highest BCUT2D eigenvalue weighted by molar-refractivity contribution is 7.89. The van der Waals surface area contributed by atoms with Crippen molar-refractivity contribution in [3.63, 3.8) is 0 Å². The van der Waals surface area contributed by atoms with Crippen LogP contribution in [0.15, 0.2) is 23.1 Å². The fourth-order valence-corrected chi connectivity index (χ4v) is 6.17. The molecule has 1 saturated heterocycles. The van der Waals surface area contributed by atoms with Crippen LogP contribution < -0.4 is 5.32 Å². The standard InChI is InChI=1S/C20H29ClN2O4S/c1-14-18(21)6-3-7-19(14)28(25,26)23-12-4-5-16(13-23)22-20(24)15-8-10-17(27-2)11-9-15/h3,6-7,15-17H,4-5,8-13H2,1-2H3,(H,22,24)/t15?,16-,17?/m0/s1. The van der Waals surface area contributed by atoms with Gasteiger partial charge in [0.2, 0.25) is 15.9 Å². The van der Waals surface area contributed by atoms with E-state index >= 15 is 0 Å². The second-order valence-electron chi connectivity index (χ2n) is 7.78. The quantitative estimate of drug-likeness (QED) is 0.781. The average molecular weight is 429 g/mol. The van der Waals surface area contributed by atoms with Gasteiger partial charge in [-0.15, -0.1) is 0 Å². The SMILES string of the molecule is COC1CCC(C(=O)N[C@H]2CCCN(S(=O)(=O)c3cccc(Cl)c3C)C2)CC1. The summed E-state index contributed by atoms with van der Waals surface area (Å²) in [4.78, 5) is 12.9. The van der Waals surface area contributed by atoms with Crippen LogP contribution in [-0.2, 0) is 19.6 Å². The molecule has 1 saturated carbocycles. The molecule has 2 fully saturated rings. The van der Waals surface area contributed by atoms with E-state index in [4.69, 9.17) is 16.3 Å². The van der Waals surface area contributed by atoms with Gasteiger partial charge in [-0.3, -0.25) is 4.79 Å². The van der Waals surface area contributed by atoms with E-state index in [9.17, 15) is 13.2 Å². The van der Waals surface area contributed by atoms with Crippen LogP contribution in [0.3, 0.4) is 0 Å². The predicted octanol–water partition coefficient (Wildman–Crippen LogP) is 3.12. The lowest BCUT2D eigenvalue weighted by molar-refractivity contribution is -0.127. The second-order valence-corrected chi connectivity index (χ2v) is 10.1. The topological polar surface area (TPSA) is 75.7 Å². The van der Waals surface area contributed by atoms with Gasteiger partial charge in [-0.25, -0.2) is 8.42 Å². The van der Waals surface area contributed by atoms with Gasteiger partial charge >= 0.3 is 0 Å². The van der Waals surface area contributed by atoms with Gasteiger partial charge in [0.15, 0.2) is 0 Å². The number of piperidine rings is 1. The number of halogens is 1. The van der Waals surface area contributed by atoms with Crippen molar-refractivity contribution in [2.24, 2.45) is 5.92 Å². The number of amides is 1. The molecule has 8 heteroatoms. The largest absolute Gasteiger partial charge is 0.381 e. The zero-order valence-electron chi connectivity index (χ0n) is 16.5. The van der Waals surface area contributed by atoms with E-state index in [1.165, 1.54) is 4.31 Å². The lowest BCUT2D eigenvalue weighted by atomic mass is 9.86. The van der Waals surface area contributed by atoms with Crippen LogP contribution >= 0.6 is 11.6 Å². The summed E-state index contributed by atoms with van der Waals surface area (Å²) in [5.74, 6) is 0.0336. The first kappa shape index (κ1) is 21.6. The van der Waals surface area contributed by atoms with Gasteiger partial charge in [-0.2, -0.15) is 4.31 Å². The van der Waals surface area contributed by atoms with Crippen molar-refractivity contribution in [2.75, 3.05) is 20.2 Å². The molecule has 1 aliphatic carbocycles. The Balaban J connectivity index is 1.64. The van der Waals surface area contributed by atoms with Gasteiger partial charge < -0.3 is 10.1 Å². The van der Waals surface area contributed by atoms with Gasteiger partial charge in [-0.1, -0.05) is 17.7 Å². The maximum Gasteiger partial charge on any atom is 0.243 e. The zero-order valence-corrected chi connectivity index (χ0v) is 18.1. The van der Waals surface area contributed by atoms with Crippen molar-refractivity contribution in [1.29, 1.82) is 0 Å². The lowest BCUT2D eigenvalue weighted by Crippen LogP contribution is -2.51. The highest BCUT2D eigenvalue weighted by Crippen LogP contribution is 2.29. The number of nitrogens with one attached hydrogen (secondary N) is 1. The Morgan fingerprint density at radius 1 is 1.21 bits per heavy atom. The van der Waals surface area contributed by atoms with Crippen molar-refractivity contribution < 1.29 is 17.9 Å². The van der Waals surface area contributed by atoms with E-state index in [1.54, 1.807) is 32.2 Å². The highest BCUT2D eigenvalue weighted by atomic mass is 35.5. The molecule has 1 aromatic rings. The third-order valence-corrected chi connectivity index (χ3v) is 8.36. The van der Waals surface area contributed by atoms with Crippen molar-refractivity contribution in [3.8, 4) is 0 Å². The molecular formula is C20H29ClN2O4S. The molecule has 156 valence electrons. The summed E-state index contributed by atoms with van der Waals surface area (Å²) in [6, 6.07) is 4.78. The van der Waals surface area contributed by atoms with E-state index in [2.05, 4.69) is 5.32 Å². The number of hydrogen-bond acceptors (Lipinski definition) is 4. The second kappa shape index (κ2) is 9.11. The summed E-state index contributed by atoms with van der Waals surface area (Å²) in [5.41, 5.74) is 0.560. The molecule has 6 nitrogen and oxygen atoms in total. The third-order valence-electron chi connectivity index (χ3n) is 5.94. The molecule has 3 rings (SSSR count). The number of sulfonamides is 1. The molecule has 0 aromatic heterocycles. The number of benzene rings is 1. The van der Waals surface area contributed by atoms with Crippen molar-refractivity contribution in [3.05, 3.63) is 28.8 Å². The Labute approximate surface area is 172 Å². The minimum Gasteiger partial charge on any atom is -0.381 e. The molecule has 0 radical (unpaired) electrons. The van der Waals surface area contributed by atoms with Crippen LogP contribution in [0.25, 0.3) is 0 Å². The van der Waals surface area contributed by atoms with Crippen LogP contribution in [0, 0.1) is 12.8 Å². The van der Waals surface area contributed by atoms with Gasteiger partial charge in [0.1, 0.15) is 0 Å². The number of carbonyl (C=O) groups is 1. The first-order chi connectivity index (χ1) is 13.3. The summed E-state index contributed by atoms with van der Waals surface area (Å²) in [7, 11) is -1.93. The molecule has 0 spiro atoms. The fourth-order valence-electron chi connectivity index (χ4n) is 4.16. The highest BCUT2D eigenvalue weighted by Gasteiger charge is 2.33. The van der Waals surface area contributed by atoms with Crippen LogP contribution in [-0.4, -0.2) is 51.0 Å². The molecule has 1 aliphatic heterocycles. The predicted molar refractivity (Wildman–Crippen MR) is 109 cm³/mol. The number of ether oxygens (including phenoxy) is 1. The molecule has 28 heavy (non-hydrogen) atoms. The molecule has 0 bridgehead atoms. The monoisotopic (exact) mass is 428 g/mol. The van der Waals surface area contributed by atoms with Gasteiger partial charge in [-0.05, 0) is 63.1 Å². The molecule has 0 unspecified atom stereocenters. The van der Waals surface area contributed by atoms with Crippen LogP contribution in [0.4, 0.5) is 0 Å². The number of hydrogen-bond donors (Lipinski definition) is 1. The molecule has 1 atom stereocenters. The summed E-state index contributed by atoms with van der Waals surface area (Å²) >= 11 is 6.11. The van der Waals surface area contributed by atoms with E-state index in [0.29, 0.717) is 23.7 Å². The third kappa shape index (κ3) is 4.70. The Morgan fingerprint density at radius 3 is 2.61 bits per heavy atom. The Morgan fingerprint density at radius 2 is 1.93 bits per heavy atom. The maximum absolute atomic E-state index is 13.1. The normalized spacial score (nSPS) is 26.8. The van der Waals surface area contributed by atoms with Crippen LogP contribution in [0.5, 0.6) is 0 Å². The molecule has 2 aliphatic rings. The minimum absolute atomic E-state index is 0.00596. The molecule has 1 aromatic carbocycles. The number of rotatable bonds is 5. The molecule has 1 heterocycles. The van der Waals surface area contributed by atoms with E-state index in [1.807, 2.05) is 0 Å². The minimum atomic E-state index is -3.64. The van der Waals surface area contributed by atoms with E-state index < -0.39 is 10.0 Å². The van der Waals surface area contributed by atoms with Gasteiger partial charge in [0, 0.05) is 37.2 Å². The van der Waals surface area contributed by atoms with Crippen molar-refractivity contribution in [2.45, 2.75) is 62.5 Å². The Kier molecular flexibility index (Phi) is 7.02. The molecule has 1 N–H and O–H groups in total. The number of carbonyl (C=O) groups excluding carboxylic acids is 1. The number of nitrogens with zero attached hydrogens (tertiary/aromatic N) is 1. The van der Waals surface area contributed by atoms with E-state index in [0.717, 1.165) is 38.5 Å². The summed E-state index contributed by atoms with van der Waals surface area (Å²) in [6.07, 6.45) is 5.20. The first-order valence-electron chi connectivity index (χ1n) is 9.91. The summed E-state index contributed by atoms with van der Waals surface area (Å²) in [6.45, 7) is 2.47. The van der Waals surface area contributed by atoms with Gasteiger partial charge in [0.05, 0.1) is 11.0 Å². The molecular weight excluding hydrogens is 400 g/mol. The number of methoxy groups -OCH3 is 1. The smallest absolute Gasteiger partial charge is 0.243 e. The van der Waals surface area contributed by atoms with E-state index in [-0.39, 0.29) is 28.9 Å². The van der Waals surface area contributed by atoms with Crippen LogP contribution in [0.1, 0.15) is 44.1 Å². The van der Waals surface area contributed by atoms with Crippen molar-refractivity contribution >= 4 is 27.5 Å². The maximum atomic E-state index is 13.1. The summed E-state index contributed by atoms with van der Waals surface area (Å²) in [5, 5.41) is 3.53.